The number of hydrogen-bond donors (Lipinski definition) is 2. The second kappa shape index (κ2) is 11.4. The van der Waals surface area contributed by atoms with Crippen LogP contribution < -0.4 is 10.6 Å². The van der Waals surface area contributed by atoms with Crippen molar-refractivity contribution in [1.29, 1.82) is 0 Å². The first-order valence-corrected chi connectivity index (χ1v) is 10.9. The molecule has 1 heterocycles. The molecule has 3 rings (SSSR count). The van der Waals surface area contributed by atoms with Gasteiger partial charge in [-0.1, -0.05) is 25.0 Å². The van der Waals surface area contributed by atoms with Crippen molar-refractivity contribution in [2.75, 3.05) is 47.4 Å². The zero-order valence-electron chi connectivity index (χ0n) is 18.9. The highest BCUT2D eigenvalue weighted by atomic mass is 127. The molecule has 1 aliphatic heterocycles. The van der Waals surface area contributed by atoms with E-state index in [2.05, 4.69) is 15.6 Å². The summed E-state index contributed by atoms with van der Waals surface area (Å²) < 4.78 is 19.5. The minimum absolute atomic E-state index is 0. The van der Waals surface area contributed by atoms with Crippen molar-refractivity contribution in [2.24, 2.45) is 10.4 Å². The molecule has 1 saturated carbocycles. The minimum Gasteiger partial charge on any atom is -0.381 e. The number of rotatable bonds is 6. The fraction of sp³-hybridized carbons (Fsp3) is 0.652. The van der Waals surface area contributed by atoms with Crippen LogP contribution in [0, 0.1) is 11.2 Å². The number of nitrogens with one attached hydrogen (secondary N) is 2. The third kappa shape index (κ3) is 6.09. The number of nitrogens with zero attached hydrogens (tertiary/aromatic N) is 2. The molecule has 31 heavy (non-hydrogen) atoms. The summed E-state index contributed by atoms with van der Waals surface area (Å²) in [6.07, 6.45) is 5.61. The number of ether oxygens (including phenoxy) is 1. The van der Waals surface area contributed by atoms with Crippen LogP contribution in [0.25, 0.3) is 0 Å². The summed E-state index contributed by atoms with van der Waals surface area (Å²) in [4.78, 5) is 18.9. The van der Waals surface area contributed by atoms with Gasteiger partial charge in [0.2, 0.25) is 5.91 Å². The maximum Gasteiger partial charge on any atom is 0.230 e. The Morgan fingerprint density at radius 1 is 1.13 bits per heavy atom. The minimum atomic E-state index is -0.361. The molecule has 174 valence electrons. The average Bonchev–Trinajstić information content (AvgIpc) is 3.24. The summed E-state index contributed by atoms with van der Waals surface area (Å²) >= 11 is 0. The Bertz CT molecular complexity index is 760. The largest absolute Gasteiger partial charge is 0.381 e. The maximum atomic E-state index is 13.9. The fourth-order valence-corrected chi connectivity index (χ4v) is 4.87. The molecular formula is C23H36FIN4O2. The van der Waals surface area contributed by atoms with Crippen LogP contribution in [0.5, 0.6) is 0 Å². The first kappa shape index (κ1) is 25.8. The predicted octanol–water partition coefficient (Wildman–Crippen LogP) is 3.31. The molecule has 8 heteroatoms. The van der Waals surface area contributed by atoms with Gasteiger partial charge in [-0.25, -0.2) is 4.39 Å². The van der Waals surface area contributed by atoms with Gasteiger partial charge in [-0.05, 0) is 43.4 Å². The van der Waals surface area contributed by atoms with Gasteiger partial charge in [-0.3, -0.25) is 9.79 Å². The van der Waals surface area contributed by atoms with Crippen LogP contribution in [-0.4, -0.2) is 64.2 Å². The van der Waals surface area contributed by atoms with Gasteiger partial charge in [0.05, 0.1) is 5.41 Å². The van der Waals surface area contributed by atoms with Gasteiger partial charge in [-0.2, -0.15) is 0 Å². The molecule has 0 unspecified atom stereocenters. The van der Waals surface area contributed by atoms with E-state index in [1.54, 1.807) is 24.1 Å². The third-order valence-corrected chi connectivity index (χ3v) is 6.72. The monoisotopic (exact) mass is 546 g/mol. The Morgan fingerprint density at radius 2 is 1.77 bits per heavy atom. The summed E-state index contributed by atoms with van der Waals surface area (Å²) in [5.74, 6) is 0.643. The van der Waals surface area contributed by atoms with Gasteiger partial charge in [0.15, 0.2) is 5.96 Å². The Morgan fingerprint density at radius 3 is 2.35 bits per heavy atom. The number of carbonyl (C=O) groups is 1. The third-order valence-electron chi connectivity index (χ3n) is 6.72. The van der Waals surface area contributed by atoms with Gasteiger partial charge in [0, 0.05) is 52.9 Å². The molecule has 2 N–H and O–H groups in total. The highest BCUT2D eigenvalue weighted by molar-refractivity contribution is 14.0. The molecule has 1 aliphatic carbocycles. The lowest BCUT2D eigenvalue weighted by atomic mass is 9.74. The van der Waals surface area contributed by atoms with Crippen LogP contribution in [0.4, 0.5) is 4.39 Å². The van der Waals surface area contributed by atoms with E-state index in [-0.39, 0.29) is 46.5 Å². The molecule has 1 aromatic rings. The number of aliphatic imine (C=N–C) groups is 1. The first-order valence-electron chi connectivity index (χ1n) is 10.9. The number of guanidine groups is 1. The number of carbonyl (C=O) groups excluding carboxylic acids is 1. The van der Waals surface area contributed by atoms with Crippen molar-refractivity contribution >= 4 is 35.8 Å². The molecule has 1 amide bonds. The summed E-state index contributed by atoms with van der Waals surface area (Å²) in [6.45, 7) is 2.52. The lowest BCUT2D eigenvalue weighted by molar-refractivity contribution is -0.138. The highest BCUT2D eigenvalue weighted by Gasteiger charge is 2.42. The summed E-state index contributed by atoms with van der Waals surface area (Å²) in [6, 6.07) is 6.88. The summed E-state index contributed by atoms with van der Waals surface area (Å²) in [5, 5.41) is 6.84. The molecule has 2 aliphatic rings. The second-order valence-electron chi connectivity index (χ2n) is 8.87. The van der Waals surface area contributed by atoms with Gasteiger partial charge >= 0.3 is 0 Å². The Labute approximate surface area is 202 Å². The van der Waals surface area contributed by atoms with Gasteiger partial charge in [0.25, 0.3) is 0 Å². The van der Waals surface area contributed by atoms with E-state index in [0.29, 0.717) is 32.3 Å². The molecule has 1 aromatic carbocycles. The molecular weight excluding hydrogens is 510 g/mol. The average molecular weight is 546 g/mol. The molecule has 0 atom stereocenters. The van der Waals surface area contributed by atoms with Gasteiger partial charge in [0.1, 0.15) is 5.82 Å². The van der Waals surface area contributed by atoms with Crippen LogP contribution in [0.1, 0.15) is 44.1 Å². The van der Waals surface area contributed by atoms with E-state index in [0.717, 1.165) is 44.1 Å². The van der Waals surface area contributed by atoms with E-state index >= 15 is 0 Å². The Balaban J connectivity index is 0.00000341. The molecule has 6 nitrogen and oxygen atoms in total. The lowest BCUT2D eigenvalue weighted by Gasteiger charge is -2.38. The van der Waals surface area contributed by atoms with Crippen molar-refractivity contribution in [3.05, 3.63) is 35.6 Å². The number of hydrogen-bond acceptors (Lipinski definition) is 3. The number of benzene rings is 1. The molecule has 1 saturated heterocycles. The number of halogens is 2. The molecule has 0 bridgehead atoms. The maximum absolute atomic E-state index is 13.9. The zero-order chi connectivity index (χ0) is 21.6. The van der Waals surface area contributed by atoms with E-state index in [9.17, 15) is 9.18 Å². The normalized spacial score (nSPS) is 19.9. The first-order chi connectivity index (χ1) is 14.4. The van der Waals surface area contributed by atoms with Crippen LogP contribution in [0.2, 0.25) is 0 Å². The van der Waals surface area contributed by atoms with E-state index in [1.165, 1.54) is 6.07 Å². The van der Waals surface area contributed by atoms with Gasteiger partial charge in [-0.15, -0.1) is 24.0 Å². The summed E-state index contributed by atoms with van der Waals surface area (Å²) in [5.41, 5.74) is 0.423. The summed E-state index contributed by atoms with van der Waals surface area (Å²) in [7, 11) is 5.38. The van der Waals surface area contributed by atoms with Crippen LogP contribution in [0.3, 0.4) is 0 Å². The van der Waals surface area contributed by atoms with Crippen LogP contribution >= 0.6 is 24.0 Å². The topological polar surface area (TPSA) is 66.0 Å². The Kier molecular flexibility index (Phi) is 9.54. The second-order valence-corrected chi connectivity index (χ2v) is 8.87. The van der Waals surface area contributed by atoms with Crippen LogP contribution in [0.15, 0.2) is 29.3 Å². The quantitative estimate of drug-likeness (QED) is 0.327. The highest BCUT2D eigenvalue weighted by Crippen LogP contribution is 2.39. The van der Waals surface area contributed by atoms with Crippen molar-refractivity contribution in [3.63, 3.8) is 0 Å². The molecule has 0 spiro atoms. The predicted molar refractivity (Wildman–Crippen MR) is 133 cm³/mol. The molecule has 2 fully saturated rings. The van der Waals surface area contributed by atoms with Crippen molar-refractivity contribution in [2.45, 2.75) is 43.9 Å². The lowest BCUT2D eigenvalue weighted by Crippen LogP contribution is -2.52. The van der Waals surface area contributed by atoms with E-state index < -0.39 is 0 Å². The van der Waals surface area contributed by atoms with Crippen LogP contribution in [-0.2, 0) is 14.9 Å². The zero-order valence-corrected chi connectivity index (χ0v) is 21.2. The standard InChI is InChI=1S/C23H35FN4O2.HI/c1-25-21(27-17-23(9-4-5-10-23)20(29)28(2)3)26-16-22(11-13-30-14-12-22)18-7-6-8-19(24)15-18;/h6-8,15H,4-5,9-14,16-17H2,1-3H3,(H2,25,26,27);1H. The van der Waals surface area contributed by atoms with Gasteiger partial charge < -0.3 is 20.3 Å². The Hall–Kier alpha value is -1.42. The smallest absolute Gasteiger partial charge is 0.230 e. The van der Waals surface area contributed by atoms with Crippen molar-refractivity contribution < 1.29 is 13.9 Å². The van der Waals surface area contributed by atoms with Crippen molar-refractivity contribution in [3.8, 4) is 0 Å². The molecule has 0 aromatic heterocycles. The molecule has 0 radical (unpaired) electrons. The van der Waals surface area contributed by atoms with E-state index in [1.807, 2.05) is 20.2 Å². The SMILES string of the molecule is CN=C(NCC1(C(=O)N(C)C)CCCC1)NCC1(c2cccc(F)c2)CCOCC1.I. The van der Waals surface area contributed by atoms with E-state index in [4.69, 9.17) is 4.74 Å². The fourth-order valence-electron chi connectivity index (χ4n) is 4.87. The number of amides is 1. The van der Waals surface area contributed by atoms with Crippen molar-refractivity contribution in [1.82, 2.24) is 15.5 Å².